The van der Waals surface area contributed by atoms with E-state index in [0.29, 0.717) is 38.7 Å². The quantitative estimate of drug-likeness (QED) is 0.581. The normalized spacial score (nSPS) is 53.9. The van der Waals surface area contributed by atoms with Crippen LogP contribution in [-0.2, 0) is 9.53 Å². The van der Waals surface area contributed by atoms with Gasteiger partial charge in [0.25, 0.3) is 0 Å². The minimum absolute atomic E-state index is 0.0416. The summed E-state index contributed by atoms with van der Waals surface area (Å²) in [7, 11) is 0. The van der Waals surface area contributed by atoms with Crippen LogP contribution >= 0.6 is 0 Å². The number of nitrogens with zero attached hydrogens (tertiary/aromatic N) is 1. The Morgan fingerprint density at radius 3 is 2.55 bits per heavy atom. The van der Waals surface area contributed by atoms with Crippen molar-refractivity contribution >= 4 is 5.97 Å². The molecule has 4 saturated carbocycles. The first-order valence-electron chi connectivity index (χ1n) is 11.1. The van der Waals surface area contributed by atoms with E-state index in [2.05, 4.69) is 13.0 Å². The van der Waals surface area contributed by atoms with Crippen molar-refractivity contribution in [2.45, 2.75) is 82.0 Å². The number of carbonyl (C=O) groups excluding carboxylic acids is 1. The maximum absolute atomic E-state index is 12.1. The molecule has 0 aromatic heterocycles. The van der Waals surface area contributed by atoms with E-state index in [0.717, 1.165) is 24.8 Å². The Bertz CT molecular complexity index is 819. The Hall–Kier alpha value is -1.42. The van der Waals surface area contributed by atoms with Crippen LogP contribution in [0.15, 0.2) is 11.6 Å². The van der Waals surface area contributed by atoms with Crippen molar-refractivity contribution in [2.24, 2.45) is 28.6 Å². The monoisotopic (exact) mass is 401 g/mol. The fourth-order valence-corrected chi connectivity index (χ4v) is 8.27. The maximum atomic E-state index is 12.1. The third-order valence-corrected chi connectivity index (χ3v) is 9.75. The highest BCUT2D eigenvalue weighted by molar-refractivity contribution is 5.85. The van der Waals surface area contributed by atoms with Crippen molar-refractivity contribution in [3.8, 4) is 6.07 Å². The van der Waals surface area contributed by atoms with Gasteiger partial charge < -0.3 is 20.1 Å². The van der Waals surface area contributed by atoms with E-state index in [4.69, 9.17) is 4.74 Å². The van der Waals surface area contributed by atoms with Gasteiger partial charge in [-0.05, 0) is 74.7 Å². The fraction of sp³-hybridized carbons (Fsp3) is 0.826. The maximum Gasteiger partial charge on any atom is 0.331 e. The zero-order valence-electron chi connectivity index (χ0n) is 17.1. The number of hydrogen-bond acceptors (Lipinski definition) is 6. The number of ether oxygens (including phenoxy) is 1. The molecule has 5 aliphatic rings. The van der Waals surface area contributed by atoms with Gasteiger partial charge in [-0.1, -0.05) is 6.92 Å². The number of rotatable bonds is 1. The fourth-order valence-electron chi connectivity index (χ4n) is 8.27. The highest BCUT2D eigenvalue weighted by atomic mass is 16.5. The molecule has 0 radical (unpaired) electrons. The largest absolute Gasteiger partial charge is 0.458 e. The molecule has 6 heteroatoms. The van der Waals surface area contributed by atoms with Crippen LogP contribution in [0.25, 0.3) is 0 Å². The van der Waals surface area contributed by atoms with E-state index in [1.54, 1.807) is 6.08 Å². The first-order chi connectivity index (χ1) is 13.7. The number of aliphatic hydroxyl groups excluding tert-OH is 1. The van der Waals surface area contributed by atoms with Crippen molar-refractivity contribution < 1.29 is 24.9 Å². The zero-order chi connectivity index (χ0) is 20.7. The third-order valence-electron chi connectivity index (χ3n) is 9.75. The summed E-state index contributed by atoms with van der Waals surface area (Å²) < 4.78 is 5.16. The van der Waals surface area contributed by atoms with Crippen LogP contribution in [0.5, 0.6) is 0 Å². The molecule has 3 N–H and O–H groups in total. The van der Waals surface area contributed by atoms with Gasteiger partial charge in [0.2, 0.25) is 0 Å². The molecule has 158 valence electrons. The summed E-state index contributed by atoms with van der Waals surface area (Å²) in [6.45, 7) is 2.47. The van der Waals surface area contributed by atoms with Crippen molar-refractivity contribution in [3.63, 3.8) is 0 Å². The van der Waals surface area contributed by atoms with Gasteiger partial charge in [0.15, 0.2) is 0 Å². The Labute approximate surface area is 171 Å². The Kier molecular flexibility index (Phi) is 4.08. The summed E-state index contributed by atoms with van der Waals surface area (Å²) in [5.74, 6) is -0.280. The minimum atomic E-state index is -1.17. The summed E-state index contributed by atoms with van der Waals surface area (Å²) >= 11 is 0. The Morgan fingerprint density at radius 2 is 1.86 bits per heavy atom. The molecular weight excluding hydrogens is 370 g/mol. The molecule has 0 saturated heterocycles. The summed E-state index contributed by atoms with van der Waals surface area (Å²) in [5, 5.41) is 44.0. The predicted molar refractivity (Wildman–Crippen MR) is 103 cm³/mol. The summed E-state index contributed by atoms with van der Waals surface area (Å²) in [4.78, 5) is 11.6. The molecule has 1 aliphatic heterocycles. The van der Waals surface area contributed by atoms with Crippen LogP contribution in [0.1, 0.15) is 64.7 Å². The number of nitriles is 1. The molecule has 8 unspecified atom stereocenters. The van der Waals surface area contributed by atoms with E-state index < -0.39 is 22.7 Å². The Morgan fingerprint density at radius 1 is 1.10 bits per heavy atom. The summed E-state index contributed by atoms with van der Waals surface area (Å²) in [5.41, 5.74) is -2.33. The highest BCUT2D eigenvalue weighted by Gasteiger charge is 2.71. The zero-order valence-corrected chi connectivity index (χ0v) is 17.1. The second-order valence-corrected chi connectivity index (χ2v) is 10.6. The lowest BCUT2D eigenvalue weighted by atomic mass is 9.41. The topological polar surface area (TPSA) is 111 Å². The number of esters is 1. The molecule has 5 rings (SSSR count). The lowest BCUT2D eigenvalue weighted by molar-refractivity contribution is -0.242. The van der Waals surface area contributed by atoms with Crippen molar-refractivity contribution in [3.05, 3.63) is 11.6 Å². The van der Waals surface area contributed by atoms with Gasteiger partial charge in [0.05, 0.1) is 28.8 Å². The smallest absolute Gasteiger partial charge is 0.331 e. The van der Waals surface area contributed by atoms with E-state index in [1.165, 1.54) is 0 Å². The SMILES string of the molecule is CC12CCC3C(CCC4(O)CC(O)CCC34C#N)C1(O)CCC2C1=CC(=O)OC1. The van der Waals surface area contributed by atoms with Gasteiger partial charge in [-0.15, -0.1) is 0 Å². The molecule has 0 amide bonds. The molecule has 4 aliphatic carbocycles. The predicted octanol–water partition coefficient (Wildman–Crippen LogP) is 2.22. The van der Waals surface area contributed by atoms with Crippen LogP contribution < -0.4 is 0 Å². The van der Waals surface area contributed by atoms with Crippen molar-refractivity contribution in [2.75, 3.05) is 6.61 Å². The van der Waals surface area contributed by atoms with Crippen molar-refractivity contribution in [1.29, 1.82) is 5.26 Å². The molecule has 4 fully saturated rings. The first kappa shape index (κ1) is 19.5. The second kappa shape index (κ2) is 6.06. The number of fused-ring (bicyclic) bond motifs is 5. The number of hydrogen-bond donors (Lipinski definition) is 3. The molecule has 0 spiro atoms. The standard InChI is InChI=1S/C23H31NO5/c1-20-6-3-17-18(4-8-22(27)11-15(25)2-7-21(17,22)13-24)23(20,28)9-5-16(20)14-10-19(26)29-12-14/h10,15-18,25,27-28H,2-9,11-12H2,1H3. The van der Waals surface area contributed by atoms with E-state index in [-0.39, 0.29) is 35.6 Å². The van der Waals surface area contributed by atoms with Gasteiger partial charge in [-0.3, -0.25) is 0 Å². The molecule has 1 heterocycles. The van der Waals surface area contributed by atoms with E-state index in [9.17, 15) is 25.4 Å². The summed E-state index contributed by atoms with van der Waals surface area (Å²) in [6.07, 6.45) is 6.48. The van der Waals surface area contributed by atoms with Gasteiger partial charge in [-0.2, -0.15) is 5.26 Å². The summed E-state index contributed by atoms with van der Waals surface area (Å²) in [6, 6.07) is 2.51. The van der Waals surface area contributed by atoms with Crippen LogP contribution in [0.4, 0.5) is 0 Å². The minimum Gasteiger partial charge on any atom is -0.458 e. The molecule has 6 nitrogen and oxygen atoms in total. The molecule has 0 aromatic carbocycles. The number of cyclic esters (lactones) is 1. The highest BCUT2D eigenvalue weighted by Crippen LogP contribution is 2.70. The number of aliphatic hydroxyl groups is 3. The van der Waals surface area contributed by atoms with Gasteiger partial charge in [-0.25, -0.2) is 4.79 Å². The van der Waals surface area contributed by atoms with Crippen LogP contribution in [0.2, 0.25) is 0 Å². The lowest BCUT2D eigenvalue weighted by Crippen LogP contribution is -2.67. The van der Waals surface area contributed by atoms with Crippen LogP contribution in [0.3, 0.4) is 0 Å². The van der Waals surface area contributed by atoms with Crippen LogP contribution in [0, 0.1) is 39.9 Å². The molecule has 29 heavy (non-hydrogen) atoms. The number of carbonyl (C=O) groups is 1. The van der Waals surface area contributed by atoms with Gasteiger partial charge in [0.1, 0.15) is 6.61 Å². The van der Waals surface area contributed by atoms with E-state index >= 15 is 0 Å². The van der Waals surface area contributed by atoms with E-state index in [1.807, 2.05) is 0 Å². The van der Waals surface area contributed by atoms with Gasteiger partial charge in [0, 0.05) is 17.9 Å². The van der Waals surface area contributed by atoms with Crippen molar-refractivity contribution in [1.82, 2.24) is 0 Å². The average molecular weight is 402 g/mol. The van der Waals surface area contributed by atoms with Gasteiger partial charge >= 0.3 is 5.97 Å². The second-order valence-electron chi connectivity index (χ2n) is 10.6. The molecular formula is C23H31NO5. The Balaban J connectivity index is 1.52. The third kappa shape index (κ3) is 2.30. The molecule has 0 bridgehead atoms. The molecule has 0 aromatic rings. The first-order valence-corrected chi connectivity index (χ1v) is 11.1. The molecule has 8 atom stereocenters. The lowest BCUT2D eigenvalue weighted by Gasteiger charge is -2.64. The van der Waals surface area contributed by atoms with Crippen LogP contribution in [-0.4, -0.2) is 45.2 Å². The average Bonchev–Trinajstić information content (AvgIpc) is 3.21.